The van der Waals surface area contributed by atoms with Gasteiger partial charge in [-0.2, -0.15) is 0 Å². The van der Waals surface area contributed by atoms with Crippen molar-refractivity contribution < 1.29 is 9.50 Å². The Kier molecular flexibility index (Phi) is 2.46. The Balaban J connectivity index is 2.32. The van der Waals surface area contributed by atoms with Gasteiger partial charge in [-0.05, 0) is 30.5 Å². The van der Waals surface area contributed by atoms with Crippen molar-refractivity contribution in [1.29, 1.82) is 0 Å². The molecule has 0 unspecified atom stereocenters. The number of rotatable bonds is 2. The van der Waals surface area contributed by atoms with Gasteiger partial charge in [-0.3, -0.25) is 0 Å². The van der Waals surface area contributed by atoms with Crippen LogP contribution in [-0.4, -0.2) is 10.7 Å². The van der Waals surface area contributed by atoms with E-state index >= 15 is 0 Å². The van der Waals surface area contributed by atoms with E-state index in [4.69, 9.17) is 23.2 Å². The van der Waals surface area contributed by atoms with Gasteiger partial charge < -0.3 is 5.11 Å². The highest BCUT2D eigenvalue weighted by Gasteiger charge is 2.40. The Morgan fingerprint density at radius 3 is 2.57 bits per heavy atom. The summed E-state index contributed by atoms with van der Waals surface area (Å²) in [5.74, 6) is -0.529. The largest absolute Gasteiger partial charge is 0.390 e. The van der Waals surface area contributed by atoms with Crippen molar-refractivity contribution >= 4 is 23.2 Å². The van der Waals surface area contributed by atoms with Crippen LogP contribution in [0.2, 0.25) is 10.0 Å². The van der Waals surface area contributed by atoms with Gasteiger partial charge in [0.1, 0.15) is 5.82 Å². The van der Waals surface area contributed by atoms with E-state index in [1.54, 1.807) is 6.07 Å². The average molecular weight is 235 g/mol. The molecule has 4 heteroatoms. The molecule has 2 rings (SSSR count). The summed E-state index contributed by atoms with van der Waals surface area (Å²) in [5.41, 5.74) is -0.0996. The van der Waals surface area contributed by atoms with Gasteiger partial charge in [0, 0.05) is 11.4 Å². The third-order valence-corrected chi connectivity index (χ3v) is 3.06. The van der Waals surface area contributed by atoms with E-state index in [1.165, 1.54) is 6.07 Å². The molecule has 1 aromatic rings. The molecular formula is C10H9Cl2FO. The molecule has 0 amide bonds. The third kappa shape index (κ3) is 2.02. The van der Waals surface area contributed by atoms with Crippen molar-refractivity contribution in [2.75, 3.05) is 0 Å². The lowest BCUT2D eigenvalue weighted by atomic mass is 10.1. The first kappa shape index (κ1) is 10.2. The van der Waals surface area contributed by atoms with Crippen LogP contribution in [0.1, 0.15) is 18.4 Å². The van der Waals surface area contributed by atoms with Crippen molar-refractivity contribution in [3.63, 3.8) is 0 Å². The molecule has 1 aromatic carbocycles. The highest BCUT2D eigenvalue weighted by atomic mass is 35.5. The van der Waals surface area contributed by atoms with E-state index in [-0.39, 0.29) is 5.02 Å². The third-order valence-electron chi connectivity index (χ3n) is 2.42. The Labute approximate surface area is 91.5 Å². The van der Waals surface area contributed by atoms with Gasteiger partial charge in [0.05, 0.1) is 10.6 Å². The second-order valence-corrected chi connectivity index (χ2v) is 4.58. The smallest absolute Gasteiger partial charge is 0.143 e. The van der Waals surface area contributed by atoms with Gasteiger partial charge in [-0.15, -0.1) is 0 Å². The Morgan fingerprint density at radius 1 is 1.36 bits per heavy atom. The topological polar surface area (TPSA) is 20.2 Å². The van der Waals surface area contributed by atoms with Gasteiger partial charge in [-0.1, -0.05) is 23.2 Å². The summed E-state index contributed by atoms with van der Waals surface area (Å²) >= 11 is 11.4. The minimum absolute atomic E-state index is 0.0646. The molecule has 1 N–H and O–H groups in total. The molecule has 0 aromatic heterocycles. The Hall–Kier alpha value is -0.310. The van der Waals surface area contributed by atoms with Crippen LogP contribution in [0.15, 0.2) is 12.1 Å². The van der Waals surface area contributed by atoms with Gasteiger partial charge in [-0.25, -0.2) is 4.39 Å². The lowest BCUT2D eigenvalue weighted by Gasteiger charge is -2.10. The zero-order chi connectivity index (χ0) is 10.3. The first-order valence-corrected chi connectivity index (χ1v) is 5.12. The van der Waals surface area contributed by atoms with Gasteiger partial charge in [0.15, 0.2) is 0 Å². The average Bonchev–Trinajstić information content (AvgIpc) is 2.79. The minimum atomic E-state index is -0.680. The maximum atomic E-state index is 13.1. The second-order valence-electron chi connectivity index (χ2n) is 3.76. The molecule has 14 heavy (non-hydrogen) atoms. The molecule has 1 fully saturated rings. The fourth-order valence-electron chi connectivity index (χ4n) is 1.41. The lowest BCUT2D eigenvalue weighted by molar-refractivity contribution is 0.151. The zero-order valence-corrected chi connectivity index (χ0v) is 8.87. The van der Waals surface area contributed by atoms with Crippen molar-refractivity contribution in [3.05, 3.63) is 33.6 Å². The van der Waals surface area contributed by atoms with E-state index < -0.39 is 11.4 Å². The van der Waals surface area contributed by atoms with Crippen molar-refractivity contribution in [1.82, 2.24) is 0 Å². The molecule has 1 aliphatic rings. The summed E-state index contributed by atoms with van der Waals surface area (Å²) in [4.78, 5) is 0. The Bertz CT molecular complexity index is 375. The predicted molar refractivity (Wildman–Crippen MR) is 54.3 cm³/mol. The first-order valence-electron chi connectivity index (χ1n) is 4.36. The number of halogens is 3. The molecule has 0 spiro atoms. The van der Waals surface area contributed by atoms with Crippen molar-refractivity contribution in [2.24, 2.45) is 0 Å². The fourth-order valence-corrected chi connectivity index (χ4v) is 1.82. The molecule has 1 aliphatic carbocycles. The molecule has 0 radical (unpaired) electrons. The number of aliphatic hydroxyl groups is 1. The fraction of sp³-hybridized carbons (Fsp3) is 0.400. The molecule has 0 atom stereocenters. The SMILES string of the molecule is OC1(Cc2cc(Cl)cc(F)c2Cl)CC1. The Morgan fingerprint density at radius 2 is 2.00 bits per heavy atom. The van der Waals surface area contributed by atoms with Gasteiger partial charge >= 0.3 is 0 Å². The number of hydrogen-bond donors (Lipinski definition) is 1. The molecule has 0 aliphatic heterocycles. The van der Waals surface area contributed by atoms with Crippen LogP contribution in [0, 0.1) is 5.82 Å². The van der Waals surface area contributed by atoms with Gasteiger partial charge in [0.25, 0.3) is 0 Å². The van der Waals surface area contributed by atoms with E-state index in [0.29, 0.717) is 17.0 Å². The van der Waals surface area contributed by atoms with Crippen molar-refractivity contribution in [2.45, 2.75) is 24.9 Å². The zero-order valence-electron chi connectivity index (χ0n) is 7.36. The molecule has 1 saturated carbocycles. The van der Waals surface area contributed by atoms with Gasteiger partial charge in [0.2, 0.25) is 0 Å². The maximum absolute atomic E-state index is 13.1. The lowest BCUT2D eigenvalue weighted by Crippen LogP contribution is -2.11. The van der Waals surface area contributed by atoms with E-state index in [9.17, 15) is 9.50 Å². The van der Waals surface area contributed by atoms with Crippen LogP contribution in [-0.2, 0) is 6.42 Å². The summed E-state index contributed by atoms with van der Waals surface area (Å²) in [6.07, 6.45) is 1.87. The van der Waals surface area contributed by atoms with Crippen LogP contribution >= 0.6 is 23.2 Å². The van der Waals surface area contributed by atoms with Crippen LogP contribution in [0.4, 0.5) is 4.39 Å². The molecule has 76 valence electrons. The molecule has 0 heterocycles. The summed E-state index contributed by atoms with van der Waals surface area (Å²) in [7, 11) is 0. The molecule has 0 saturated heterocycles. The molecule has 0 bridgehead atoms. The van der Waals surface area contributed by atoms with Crippen LogP contribution in [0.5, 0.6) is 0 Å². The monoisotopic (exact) mass is 234 g/mol. The summed E-state index contributed by atoms with van der Waals surface area (Å²) in [6, 6.07) is 2.77. The highest BCUT2D eigenvalue weighted by Crippen LogP contribution is 2.40. The normalized spacial score (nSPS) is 18.3. The summed E-state index contributed by atoms with van der Waals surface area (Å²) in [6.45, 7) is 0. The number of benzene rings is 1. The predicted octanol–water partition coefficient (Wildman–Crippen LogP) is 3.20. The van der Waals surface area contributed by atoms with E-state index in [1.807, 2.05) is 0 Å². The summed E-state index contributed by atoms with van der Waals surface area (Å²) in [5, 5.41) is 10.0. The standard InChI is InChI=1S/C10H9Cl2FO/c11-7-3-6(5-10(14)1-2-10)9(12)8(13)4-7/h3-4,14H,1-2,5H2. The van der Waals surface area contributed by atoms with Crippen LogP contribution in [0.3, 0.4) is 0 Å². The second kappa shape index (κ2) is 3.37. The van der Waals surface area contributed by atoms with Crippen LogP contribution in [0.25, 0.3) is 0 Å². The highest BCUT2D eigenvalue weighted by molar-refractivity contribution is 6.33. The molecular weight excluding hydrogens is 226 g/mol. The minimum Gasteiger partial charge on any atom is -0.390 e. The first-order chi connectivity index (χ1) is 6.50. The van der Waals surface area contributed by atoms with Crippen LogP contribution < -0.4 is 0 Å². The van der Waals surface area contributed by atoms with E-state index in [2.05, 4.69) is 0 Å². The van der Waals surface area contributed by atoms with Crippen molar-refractivity contribution in [3.8, 4) is 0 Å². The maximum Gasteiger partial charge on any atom is 0.143 e. The van der Waals surface area contributed by atoms with E-state index in [0.717, 1.165) is 12.8 Å². The molecule has 1 nitrogen and oxygen atoms in total. The quantitative estimate of drug-likeness (QED) is 0.780. The summed E-state index contributed by atoms with van der Waals surface area (Å²) < 4.78 is 13.1. The number of hydrogen-bond acceptors (Lipinski definition) is 1.